The van der Waals surface area contributed by atoms with E-state index in [1.807, 2.05) is 0 Å². The lowest BCUT2D eigenvalue weighted by atomic mass is 9.89. The summed E-state index contributed by atoms with van der Waals surface area (Å²) in [7, 11) is 0. The maximum absolute atomic E-state index is 11.1. The third-order valence-electron chi connectivity index (χ3n) is 2.56. The fourth-order valence-corrected chi connectivity index (χ4v) is 1.82. The van der Waals surface area contributed by atoms with E-state index in [0.717, 1.165) is 18.8 Å². The van der Waals surface area contributed by atoms with E-state index in [-0.39, 0.29) is 12.1 Å². The van der Waals surface area contributed by atoms with Crippen LogP contribution in [0.5, 0.6) is 0 Å². The molecule has 0 heterocycles. The highest BCUT2D eigenvalue weighted by molar-refractivity contribution is 6.18. The summed E-state index contributed by atoms with van der Waals surface area (Å²) in [6.45, 7) is 2.25. The lowest BCUT2D eigenvalue weighted by Crippen LogP contribution is -2.23. The molecular formula is C10H17ClO2. The number of hydrogen-bond donors (Lipinski definition) is 0. The summed E-state index contributed by atoms with van der Waals surface area (Å²) in [4.78, 5) is 11.1. The van der Waals surface area contributed by atoms with E-state index in [1.54, 1.807) is 0 Å². The van der Waals surface area contributed by atoms with Gasteiger partial charge in [0.2, 0.25) is 0 Å². The van der Waals surface area contributed by atoms with Crippen molar-refractivity contribution < 1.29 is 9.53 Å². The van der Waals surface area contributed by atoms with Crippen LogP contribution < -0.4 is 0 Å². The molecule has 1 saturated carbocycles. The summed E-state index contributed by atoms with van der Waals surface area (Å²) >= 11 is 5.44. The molecule has 2 nitrogen and oxygen atoms in total. The van der Waals surface area contributed by atoms with Gasteiger partial charge >= 0.3 is 5.97 Å². The first-order valence-corrected chi connectivity index (χ1v) is 5.51. The third-order valence-corrected chi connectivity index (χ3v) is 2.75. The quantitative estimate of drug-likeness (QED) is 0.522. The third kappa shape index (κ3) is 3.99. The van der Waals surface area contributed by atoms with Gasteiger partial charge in [0.1, 0.15) is 6.10 Å². The van der Waals surface area contributed by atoms with Gasteiger partial charge in [0, 0.05) is 5.88 Å². The van der Waals surface area contributed by atoms with E-state index in [4.69, 9.17) is 16.3 Å². The van der Waals surface area contributed by atoms with Gasteiger partial charge in [0.05, 0.1) is 6.42 Å². The number of alkyl halides is 1. The summed E-state index contributed by atoms with van der Waals surface area (Å²) < 4.78 is 5.26. The van der Waals surface area contributed by atoms with E-state index >= 15 is 0 Å². The lowest BCUT2D eigenvalue weighted by Gasteiger charge is -2.25. The van der Waals surface area contributed by atoms with Crippen molar-refractivity contribution >= 4 is 17.6 Å². The first-order chi connectivity index (χ1) is 6.22. The average molecular weight is 205 g/mol. The highest BCUT2D eigenvalue weighted by Crippen LogP contribution is 2.25. The van der Waals surface area contributed by atoms with E-state index in [2.05, 4.69) is 6.92 Å². The van der Waals surface area contributed by atoms with Gasteiger partial charge in [0.25, 0.3) is 0 Å². The Labute approximate surface area is 84.6 Å². The molecule has 0 unspecified atom stereocenters. The van der Waals surface area contributed by atoms with Crippen LogP contribution in [-0.4, -0.2) is 18.0 Å². The minimum absolute atomic E-state index is 0.144. The van der Waals surface area contributed by atoms with Crippen LogP contribution in [0.4, 0.5) is 0 Å². The number of carbonyl (C=O) groups excluding carboxylic acids is 1. The Bertz CT molecular complexity index is 162. The largest absolute Gasteiger partial charge is 0.462 e. The van der Waals surface area contributed by atoms with Crippen LogP contribution >= 0.6 is 11.6 Å². The molecule has 1 fully saturated rings. The zero-order valence-electron chi connectivity index (χ0n) is 8.09. The van der Waals surface area contributed by atoms with E-state index in [9.17, 15) is 4.79 Å². The Balaban J connectivity index is 2.18. The van der Waals surface area contributed by atoms with Crippen molar-refractivity contribution in [3.63, 3.8) is 0 Å². The predicted molar refractivity (Wildman–Crippen MR) is 52.8 cm³/mol. The second kappa shape index (κ2) is 5.48. The fourth-order valence-electron chi connectivity index (χ4n) is 1.67. The molecule has 0 saturated heterocycles. The summed E-state index contributed by atoms with van der Waals surface area (Å²) in [5, 5.41) is 0. The van der Waals surface area contributed by atoms with Crippen molar-refractivity contribution in [3.05, 3.63) is 0 Å². The Morgan fingerprint density at radius 2 is 2.00 bits per heavy atom. The minimum atomic E-state index is -0.144. The van der Waals surface area contributed by atoms with Gasteiger partial charge in [0.15, 0.2) is 0 Å². The van der Waals surface area contributed by atoms with Crippen LogP contribution in [0.2, 0.25) is 0 Å². The van der Waals surface area contributed by atoms with E-state index in [0.29, 0.717) is 12.3 Å². The molecule has 0 N–H and O–H groups in total. The number of rotatable bonds is 3. The van der Waals surface area contributed by atoms with Crippen molar-refractivity contribution in [3.8, 4) is 0 Å². The molecule has 0 aromatic rings. The van der Waals surface area contributed by atoms with E-state index in [1.165, 1.54) is 12.8 Å². The number of hydrogen-bond acceptors (Lipinski definition) is 2. The van der Waals surface area contributed by atoms with Crippen LogP contribution in [0.25, 0.3) is 0 Å². The first-order valence-electron chi connectivity index (χ1n) is 4.98. The highest BCUT2D eigenvalue weighted by Gasteiger charge is 2.20. The molecule has 1 rings (SSSR count). The monoisotopic (exact) mass is 204 g/mol. The normalized spacial score (nSPS) is 28.5. The van der Waals surface area contributed by atoms with Gasteiger partial charge in [-0.2, -0.15) is 0 Å². The lowest BCUT2D eigenvalue weighted by molar-refractivity contribution is -0.150. The van der Waals surface area contributed by atoms with Crippen molar-refractivity contribution in [2.75, 3.05) is 5.88 Å². The predicted octanol–water partition coefficient (Wildman–Crippen LogP) is 2.74. The summed E-state index contributed by atoms with van der Waals surface area (Å²) in [6.07, 6.45) is 4.90. The molecule has 76 valence electrons. The molecule has 0 amide bonds. The van der Waals surface area contributed by atoms with Gasteiger partial charge in [-0.05, 0) is 31.6 Å². The number of esters is 1. The molecule has 0 aromatic heterocycles. The summed E-state index contributed by atoms with van der Waals surface area (Å²) in [5.74, 6) is 1.01. The van der Waals surface area contributed by atoms with E-state index < -0.39 is 0 Å². The zero-order chi connectivity index (χ0) is 9.68. The van der Waals surface area contributed by atoms with Gasteiger partial charge in [-0.1, -0.05) is 6.92 Å². The molecule has 0 radical (unpaired) electrons. The second-order valence-corrected chi connectivity index (χ2v) is 4.19. The van der Waals surface area contributed by atoms with Crippen molar-refractivity contribution in [1.29, 1.82) is 0 Å². The van der Waals surface area contributed by atoms with Crippen molar-refractivity contribution in [2.24, 2.45) is 5.92 Å². The first kappa shape index (κ1) is 10.8. The molecule has 0 spiro atoms. The molecule has 13 heavy (non-hydrogen) atoms. The maximum Gasteiger partial charge on any atom is 0.307 e. The topological polar surface area (TPSA) is 26.3 Å². The zero-order valence-corrected chi connectivity index (χ0v) is 8.85. The van der Waals surface area contributed by atoms with Crippen LogP contribution in [0.15, 0.2) is 0 Å². The van der Waals surface area contributed by atoms with Gasteiger partial charge in [-0.25, -0.2) is 0 Å². The second-order valence-electron chi connectivity index (χ2n) is 3.81. The average Bonchev–Trinajstić information content (AvgIpc) is 2.09. The van der Waals surface area contributed by atoms with Gasteiger partial charge in [-0.3, -0.25) is 4.79 Å². The highest BCUT2D eigenvalue weighted by atomic mass is 35.5. The molecule has 0 aromatic carbocycles. The Morgan fingerprint density at radius 3 is 2.54 bits per heavy atom. The fraction of sp³-hybridized carbons (Fsp3) is 0.900. The SMILES string of the molecule is CC1CCC(OC(=O)CCCl)CC1. The van der Waals surface area contributed by atoms with Crippen molar-refractivity contribution in [2.45, 2.75) is 45.1 Å². The number of ether oxygens (including phenoxy) is 1. The molecule has 3 heteroatoms. The van der Waals surface area contributed by atoms with Crippen LogP contribution in [0, 0.1) is 5.92 Å². The Kier molecular flexibility index (Phi) is 4.57. The minimum Gasteiger partial charge on any atom is -0.462 e. The van der Waals surface area contributed by atoms with Crippen LogP contribution in [0.1, 0.15) is 39.0 Å². The smallest absolute Gasteiger partial charge is 0.307 e. The summed E-state index contributed by atoms with van der Waals surface area (Å²) in [5.41, 5.74) is 0. The number of halogens is 1. The molecule has 0 atom stereocenters. The van der Waals surface area contributed by atoms with Crippen molar-refractivity contribution in [1.82, 2.24) is 0 Å². The summed E-state index contributed by atoms with van der Waals surface area (Å²) in [6, 6.07) is 0. The Morgan fingerprint density at radius 1 is 1.38 bits per heavy atom. The Hall–Kier alpha value is -0.240. The standard InChI is InChI=1S/C10H17ClO2/c1-8-2-4-9(5-3-8)13-10(12)6-7-11/h8-9H,2-7H2,1H3. The van der Waals surface area contributed by atoms with Crippen LogP contribution in [-0.2, 0) is 9.53 Å². The molecule has 1 aliphatic carbocycles. The molecule has 1 aliphatic rings. The van der Waals surface area contributed by atoms with Gasteiger partial charge < -0.3 is 4.74 Å². The number of carbonyl (C=O) groups is 1. The molecular weight excluding hydrogens is 188 g/mol. The van der Waals surface area contributed by atoms with Crippen LogP contribution in [0.3, 0.4) is 0 Å². The molecule has 0 bridgehead atoms. The maximum atomic E-state index is 11.1. The molecule has 0 aliphatic heterocycles. The van der Waals surface area contributed by atoms with Gasteiger partial charge in [-0.15, -0.1) is 11.6 Å².